The van der Waals surface area contributed by atoms with Gasteiger partial charge in [-0.3, -0.25) is 4.79 Å². The topological polar surface area (TPSA) is 69.6 Å². The standard InChI is InChI=1S/C13H24N2O3/c1-3-10(4-7-12(16)17)8-9-14-13(18)15(2)11-5-6-11/h10-11H,3-9H2,1-2H3,(H,14,18)(H,16,17). The summed E-state index contributed by atoms with van der Waals surface area (Å²) in [6.45, 7) is 2.69. The van der Waals surface area contributed by atoms with E-state index in [1.807, 2.05) is 7.05 Å². The molecule has 5 nitrogen and oxygen atoms in total. The molecule has 1 saturated carbocycles. The first-order valence-corrected chi connectivity index (χ1v) is 6.77. The third-order valence-electron chi connectivity index (χ3n) is 3.59. The monoisotopic (exact) mass is 256 g/mol. The summed E-state index contributed by atoms with van der Waals surface area (Å²) in [5.41, 5.74) is 0. The van der Waals surface area contributed by atoms with Crippen LogP contribution in [0.15, 0.2) is 0 Å². The van der Waals surface area contributed by atoms with E-state index in [1.165, 1.54) is 0 Å². The maximum atomic E-state index is 11.7. The number of hydrogen-bond donors (Lipinski definition) is 2. The maximum Gasteiger partial charge on any atom is 0.317 e. The van der Waals surface area contributed by atoms with E-state index >= 15 is 0 Å². The fourth-order valence-corrected chi connectivity index (χ4v) is 2.02. The van der Waals surface area contributed by atoms with E-state index in [-0.39, 0.29) is 12.5 Å². The summed E-state index contributed by atoms with van der Waals surface area (Å²) >= 11 is 0. The lowest BCUT2D eigenvalue weighted by molar-refractivity contribution is -0.137. The van der Waals surface area contributed by atoms with Crippen LogP contribution in [0.5, 0.6) is 0 Å². The van der Waals surface area contributed by atoms with Gasteiger partial charge in [-0.05, 0) is 31.6 Å². The van der Waals surface area contributed by atoms with Gasteiger partial charge in [0.1, 0.15) is 0 Å². The molecule has 1 fully saturated rings. The first-order valence-electron chi connectivity index (χ1n) is 6.77. The molecule has 0 aromatic rings. The minimum absolute atomic E-state index is 0.00872. The fraction of sp³-hybridized carbons (Fsp3) is 0.846. The Morgan fingerprint density at radius 3 is 2.56 bits per heavy atom. The second kappa shape index (κ2) is 7.24. The van der Waals surface area contributed by atoms with Crippen molar-refractivity contribution in [2.24, 2.45) is 5.92 Å². The Balaban J connectivity index is 2.13. The molecule has 0 aromatic heterocycles. The molecule has 1 aliphatic carbocycles. The van der Waals surface area contributed by atoms with Crippen LogP contribution >= 0.6 is 0 Å². The summed E-state index contributed by atoms with van der Waals surface area (Å²) in [5, 5.41) is 11.5. The average molecular weight is 256 g/mol. The highest BCUT2D eigenvalue weighted by molar-refractivity contribution is 5.74. The molecule has 1 unspecified atom stereocenters. The third kappa shape index (κ3) is 5.38. The molecule has 2 amide bonds. The van der Waals surface area contributed by atoms with Crippen LogP contribution in [0.4, 0.5) is 4.79 Å². The number of carboxylic acid groups (broad SMARTS) is 1. The predicted octanol–water partition coefficient (Wildman–Crippen LogP) is 2.07. The van der Waals surface area contributed by atoms with Gasteiger partial charge in [-0.15, -0.1) is 0 Å². The molecule has 104 valence electrons. The Morgan fingerprint density at radius 2 is 2.06 bits per heavy atom. The zero-order chi connectivity index (χ0) is 13.5. The van der Waals surface area contributed by atoms with Crippen molar-refractivity contribution < 1.29 is 14.7 Å². The maximum absolute atomic E-state index is 11.7. The van der Waals surface area contributed by atoms with Crippen molar-refractivity contribution in [3.63, 3.8) is 0 Å². The second-order valence-corrected chi connectivity index (χ2v) is 5.07. The smallest absolute Gasteiger partial charge is 0.317 e. The molecule has 2 N–H and O–H groups in total. The molecule has 0 spiro atoms. The van der Waals surface area contributed by atoms with E-state index in [2.05, 4.69) is 12.2 Å². The van der Waals surface area contributed by atoms with Crippen LogP contribution in [-0.4, -0.2) is 41.6 Å². The number of urea groups is 1. The van der Waals surface area contributed by atoms with E-state index in [4.69, 9.17) is 5.11 Å². The Labute approximate surface area is 109 Å². The van der Waals surface area contributed by atoms with Gasteiger partial charge in [0, 0.05) is 26.1 Å². The van der Waals surface area contributed by atoms with Gasteiger partial charge in [0.05, 0.1) is 0 Å². The molecule has 5 heteroatoms. The highest BCUT2D eigenvalue weighted by Gasteiger charge is 2.29. The van der Waals surface area contributed by atoms with E-state index in [1.54, 1.807) is 4.90 Å². The van der Waals surface area contributed by atoms with Crippen LogP contribution in [0, 0.1) is 5.92 Å². The minimum Gasteiger partial charge on any atom is -0.481 e. The largest absolute Gasteiger partial charge is 0.481 e. The molecule has 18 heavy (non-hydrogen) atoms. The summed E-state index contributed by atoms with van der Waals surface area (Å²) in [5.74, 6) is -0.362. The number of amides is 2. The minimum atomic E-state index is -0.744. The second-order valence-electron chi connectivity index (χ2n) is 5.07. The Kier molecular flexibility index (Phi) is 5.95. The number of carbonyl (C=O) groups excluding carboxylic acids is 1. The van der Waals surface area contributed by atoms with E-state index in [9.17, 15) is 9.59 Å². The van der Waals surface area contributed by atoms with Gasteiger partial charge in [0.15, 0.2) is 0 Å². The predicted molar refractivity (Wildman–Crippen MR) is 69.5 cm³/mol. The lowest BCUT2D eigenvalue weighted by atomic mass is 9.97. The Hall–Kier alpha value is -1.26. The normalized spacial score (nSPS) is 16.1. The number of carbonyl (C=O) groups is 2. The molecule has 0 heterocycles. The van der Waals surface area contributed by atoms with Gasteiger partial charge in [-0.25, -0.2) is 4.79 Å². The number of aliphatic carboxylic acids is 1. The number of hydrogen-bond acceptors (Lipinski definition) is 2. The van der Waals surface area contributed by atoms with Gasteiger partial charge in [0.25, 0.3) is 0 Å². The number of nitrogens with one attached hydrogen (secondary N) is 1. The molecule has 1 rings (SSSR count). The van der Waals surface area contributed by atoms with E-state index in [0.717, 1.165) is 25.7 Å². The zero-order valence-electron chi connectivity index (χ0n) is 11.3. The van der Waals surface area contributed by atoms with Gasteiger partial charge in [0.2, 0.25) is 0 Å². The van der Waals surface area contributed by atoms with Crippen molar-refractivity contribution in [2.75, 3.05) is 13.6 Å². The van der Waals surface area contributed by atoms with Gasteiger partial charge in [-0.2, -0.15) is 0 Å². The zero-order valence-corrected chi connectivity index (χ0v) is 11.3. The molecule has 0 saturated heterocycles. The number of nitrogens with zero attached hydrogens (tertiary/aromatic N) is 1. The third-order valence-corrected chi connectivity index (χ3v) is 3.59. The van der Waals surface area contributed by atoms with E-state index in [0.29, 0.717) is 24.9 Å². The first kappa shape index (κ1) is 14.8. The highest BCUT2D eigenvalue weighted by Crippen LogP contribution is 2.25. The molecular formula is C13H24N2O3. The Morgan fingerprint density at radius 1 is 1.39 bits per heavy atom. The SMILES string of the molecule is CCC(CCNC(=O)N(C)C1CC1)CCC(=O)O. The fourth-order valence-electron chi connectivity index (χ4n) is 2.02. The Bertz CT molecular complexity index is 290. The van der Waals surface area contributed by atoms with Crippen LogP contribution in [0.3, 0.4) is 0 Å². The van der Waals surface area contributed by atoms with Gasteiger partial charge in [-0.1, -0.05) is 13.3 Å². The van der Waals surface area contributed by atoms with Crippen molar-refractivity contribution in [1.29, 1.82) is 0 Å². The van der Waals surface area contributed by atoms with Crippen LogP contribution in [0.25, 0.3) is 0 Å². The lowest BCUT2D eigenvalue weighted by Crippen LogP contribution is -2.39. The summed E-state index contributed by atoms with van der Waals surface area (Å²) in [6, 6.07) is 0.421. The highest BCUT2D eigenvalue weighted by atomic mass is 16.4. The molecule has 0 radical (unpaired) electrons. The average Bonchev–Trinajstić information content (AvgIpc) is 3.16. The van der Waals surface area contributed by atoms with Gasteiger partial charge >= 0.3 is 12.0 Å². The number of carboxylic acids is 1. The van der Waals surface area contributed by atoms with Crippen molar-refractivity contribution in [2.45, 2.75) is 51.5 Å². The van der Waals surface area contributed by atoms with Crippen molar-refractivity contribution in [3.8, 4) is 0 Å². The van der Waals surface area contributed by atoms with Crippen molar-refractivity contribution in [3.05, 3.63) is 0 Å². The quantitative estimate of drug-likeness (QED) is 0.698. The first-order chi connectivity index (χ1) is 8.54. The molecule has 0 bridgehead atoms. The van der Waals surface area contributed by atoms with Crippen LogP contribution < -0.4 is 5.32 Å². The summed E-state index contributed by atoms with van der Waals surface area (Å²) in [4.78, 5) is 23.9. The lowest BCUT2D eigenvalue weighted by Gasteiger charge is -2.19. The van der Waals surface area contributed by atoms with Crippen molar-refractivity contribution in [1.82, 2.24) is 10.2 Å². The molecular weight excluding hydrogens is 232 g/mol. The molecule has 1 aliphatic rings. The number of rotatable bonds is 8. The van der Waals surface area contributed by atoms with Crippen LogP contribution in [0.1, 0.15) is 45.4 Å². The molecule has 0 aliphatic heterocycles. The van der Waals surface area contributed by atoms with Crippen LogP contribution in [-0.2, 0) is 4.79 Å². The molecule has 1 atom stereocenters. The van der Waals surface area contributed by atoms with Gasteiger partial charge < -0.3 is 15.3 Å². The van der Waals surface area contributed by atoms with E-state index < -0.39 is 5.97 Å². The van der Waals surface area contributed by atoms with Crippen molar-refractivity contribution >= 4 is 12.0 Å². The summed E-state index contributed by atoms with van der Waals surface area (Å²) < 4.78 is 0. The summed E-state index contributed by atoms with van der Waals surface area (Å²) in [7, 11) is 1.83. The summed E-state index contributed by atoms with van der Waals surface area (Å²) in [6.07, 6.45) is 4.95. The van der Waals surface area contributed by atoms with Crippen LogP contribution in [0.2, 0.25) is 0 Å². The molecule has 0 aromatic carbocycles.